The van der Waals surface area contributed by atoms with E-state index < -0.39 is 0 Å². The Balaban J connectivity index is 1.47. The molecule has 1 aliphatic heterocycles. The molecular weight excluding hydrogens is 278 g/mol. The fourth-order valence-corrected chi connectivity index (χ4v) is 3.08. The van der Waals surface area contributed by atoms with Gasteiger partial charge in [0.1, 0.15) is 0 Å². The van der Waals surface area contributed by atoms with Crippen LogP contribution in [0, 0.1) is 0 Å². The number of amides is 1. The largest absolute Gasteiger partial charge is 0.361 e. The smallest absolute Gasteiger partial charge is 0.253 e. The molecule has 1 aliphatic rings. The van der Waals surface area contributed by atoms with E-state index in [0.29, 0.717) is 6.04 Å². The first kappa shape index (κ1) is 13.1. The van der Waals surface area contributed by atoms with Gasteiger partial charge in [0, 0.05) is 35.8 Å². The number of aromatic amines is 1. The van der Waals surface area contributed by atoms with E-state index in [1.54, 1.807) is 17.2 Å². The lowest BCUT2D eigenvalue weighted by Crippen LogP contribution is -2.39. The maximum absolute atomic E-state index is 12.6. The predicted molar refractivity (Wildman–Crippen MR) is 82.5 cm³/mol. The van der Waals surface area contributed by atoms with Gasteiger partial charge < -0.3 is 9.88 Å². The van der Waals surface area contributed by atoms with E-state index in [0.717, 1.165) is 42.4 Å². The van der Waals surface area contributed by atoms with Crippen LogP contribution >= 0.6 is 0 Å². The summed E-state index contributed by atoms with van der Waals surface area (Å²) in [7, 11) is 0. The first-order valence-electron chi connectivity index (χ1n) is 7.53. The average molecular weight is 295 g/mol. The molecule has 0 spiro atoms. The van der Waals surface area contributed by atoms with Crippen LogP contribution in [0.2, 0.25) is 0 Å². The first-order valence-corrected chi connectivity index (χ1v) is 7.53. The Morgan fingerprint density at radius 1 is 1.14 bits per heavy atom. The van der Waals surface area contributed by atoms with Crippen molar-refractivity contribution < 1.29 is 4.79 Å². The molecule has 22 heavy (non-hydrogen) atoms. The van der Waals surface area contributed by atoms with Gasteiger partial charge in [0.15, 0.2) is 0 Å². The van der Waals surface area contributed by atoms with E-state index in [1.165, 1.54) is 0 Å². The van der Waals surface area contributed by atoms with Crippen LogP contribution in [0.25, 0.3) is 10.9 Å². The number of aromatic nitrogens is 4. The topological polar surface area (TPSA) is 66.8 Å². The van der Waals surface area contributed by atoms with E-state index in [4.69, 9.17) is 0 Å². The normalized spacial score (nSPS) is 16.3. The Morgan fingerprint density at radius 2 is 1.91 bits per heavy atom. The summed E-state index contributed by atoms with van der Waals surface area (Å²) in [5.41, 5.74) is 1.81. The van der Waals surface area contributed by atoms with Gasteiger partial charge in [-0.15, -0.1) is 0 Å². The third-order valence-corrected chi connectivity index (χ3v) is 4.32. The second-order valence-corrected chi connectivity index (χ2v) is 5.65. The number of nitrogens with one attached hydrogen (secondary N) is 1. The van der Waals surface area contributed by atoms with Crippen LogP contribution in [0.3, 0.4) is 0 Å². The lowest BCUT2D eigenvalue weighted by molar-refractivity contribution is 0.0684. The Kier molecular flexibility index (Phi) is 3.14. The van der Waals surface area contributed by atoms with Crippen molar-refractivity contribution in [2.45, 2.75) is 18.9 Å². The van der Waals surface area contributed by atoms with Crippen molar-refractivity contribution in [1.82, 2.24) is 24.9 Å². The SMILES string of the molecule is O=C(c1ccc2[nH]ccc2c1)N1CCC(n2nccn2)CC1. The van der Waals surface area contributed by atoms with E-state index in [2.05, 4.69) is 15.2 Å². The fourth-order valence-electron chi connectivity index (χ4n) is 3.08. The molecule has 112 valence electrons. The Hall–Kier alpha value is -2.63. The Bertz CT molecular complexity index is 784. The number of hydrogen-bond donors (Lipinski definition) is 1. The molecule has 0 aliphatic carbocycles. The van der Waals surface area contributed by atoms with Gasteiger partial charge in [-0.3, -0.25) is 4.79 Å². The standard InChI is InChI=1S/C16H17N5O/c22-16(13-1-2-15-12(11-13)3-6-17-15)20-9-4-14(5-10-20)21-18-7-8-19-21/h1-3,6-8,11,14,17H,4-5,9-10H2. The summed E-state index contributed by atoms with van der Waals surface area (Å²) in [4.78, 5) is 19.5. The number of carbonyl (C=O) groups excluding carboxylic acids is 1. The molecule has 1 aromatic carbocycles. The van der Waals surface area contributed by atoms with Gasteiger partial charge in [0.25, 0.3) is 5.91 Å². The molecule has 4 rings (SSSR count). The molecule has 0 unspecified atom stereocenters. The molecule has 0 radical (unpaired) electrons. The minimum atomic E-state index is 0.106. The second kappa shape index (κ2) is 5.29. The molecule has 6 nitrogen and oxygen atoms in total. The summed E-state index contributed by atoms with van der Waals surface area (Å²) >= 11 is 0. The van der Waals surface area contributed by atoms with E-state index in [1.807, 2.05) is 35.4 Å². The molecule has 3 aromatic rings. The maximum atomic E-state index is 12.6. The van der Waals surface area contributed by atoms with Crippen molar-refractivity contribution in [3.05, 3.63) is 48.4 Å². The van der Waals surface area contributed by atoms with Gasteiger partial charge in [-0.25, -0.2) is 0 Å². The van der Waals surface area contributed by atoms with Crippen molar-refractivity contribution in [2.24, 2.45) is 0 Å². The molecule has 3 heterocycles. The molecule has 6 heteroatoms. The van der Waals surface area contributed by atoms with Gasteiger partial charge in [-0.2, -0.15) is 15.0 Å². The lowest BCUT2D eigenvalue weighted by Gasteiger charge is -2.31. The Labute approximate surface area is 127 Å². The molecule has 1 fully saturated rings. The monoisotopic (exact) mass is 295 g/mol. The molecule has 1 amide bonds. The highest BCUT2D eigenvalue weighted by molar-refractivity contribution is 5.98. The number of likely N-dealkylation sites (tertiary alicyclic amines) is 1. The maximum Gasteiger partial charge on any atom is 0.253 e. The molecule has 0 saturated carbocycles. The summed E-state index contributed by atoms with van der Waals surface area (Å²) in [6, 6.07) is 8.09. The van der Waals surface area contributed by atoms with Crippen molar-refractivity contribution in [3.63, 3.8) is 0 Å². The van der Waals surface area contributed by atoms with Crippen LogP contribution in [0.15, 0.2) is 42.9 Å². The number of hydrogen-bond acceptors (Lipinski definition) is 3. The third kappa shape index (κ3) is 2.26. The zero-order chi connectivity index (χ0) is 14.9. The highest BCUT2D eigenvalue weighted by atomic mass is 16.2. The summed E-state index contributed by atoms with van der Waals surface area (Å²) in [6.07, 6.45) is 7.08. The number of fused-ring (bicyclic) bond motifs is 1. The van der Waals surface area contributed by atoms with Gasteiger partial charge in [0.2, 0.25) is 0 Å². The van der Waals surface area contributed by atoms with Gasteiger partial charge in [0.05, 0.1) is 18.4 Å². The summed E-state index contributed by atoms with van der Waals surface area (Å²) in [6.45, 7) is 1.49. The molecule has 2 aromatic heterocycles. The van der Waals surface area contributed by atoms with Crippen LogP contribution in [0.1, 0.15) is 29.2 Å². The minimum Gasteiger partial charge on any atom is -0.361 e. The highest BCUT2D eigenvalue weighted by Gasteiger charge is 2.25. The fraction of sp³-hybridized carbons (Fsp3) is 0.312. The van der Waals surface area contributed by atoms with E-state index in [9.17, 15) is 4.79 Å². The number of nitrogens with zero attached hydrogens (tertiary/aromatic N) is 4. The summed E-state index contributed by atoms with van der Waals surface area (Å²) in [5.74, 6) is 0.106. The number of carbonyl (C=O) groups is 1. The van der Waals surface area contributed by atoms with Crippen LogP contribution in [0.5, 0.6) is 0 Å². The van der Waals surface area contributed by atoms with Gasteiger partial charge in [-0.05, 0) is 37.1 Å². The minimum absolute atomic E-state index is 0.106. The summed E-state index contributed by atoms with van der Waals surface area (Å²) < 4.78 is 0. The molecular formula is C16H17N5O. The lowest BCUT2D eigenvalue weighted by atomic mass is 10.0. The zero-order valence-corrected chi connectivity index (χ0v) is 12.1. The number of benzene rings is 1. The molecule has 1 N–H and O–H groups in total. The predicted octanol–water partition coefficient (Wildman–Crippen LogP) is 2.24. The zero-order valence-electron chi connectivity index (χ0n) is 12.1. The molecule has 1 saturated heterocycles. The Morgan fingerprint density at radius 3 is 2.68 bits per heavy atom. The van der Waals surface area contributed by atoms with Crippen molar-refractivity contribution >= 4 is 16.8 Å². The first-order chi connectivity index (χ1) is 10.8. The average Bonchev–Trinajstić information content (AvgIpc) is 3.25. The van der Waals surface area contributed by atoms with E-state index >= 15 is 0 Å². The second-order valence-electron chi connectivity index (χ2n) is 5.65. The molecule has 0 bridgehead atoms. The van der Waals surface area contributed by atoms with Crippen molar-refractivity contribution in [3.8, 4) is 0 Å². The van der Waals surface area contributed by atoms with Crippen molar-refractivity contribution in [2.75, 3.05) is 13.1 Å². The highest BCUT2D eigenvalue weighted by Crippen LogP contribution is 2.23. The van der Waals surface area contributed by atoms with Gasteiger partial charge in [-0.1, -0.05) is 0 Å². The van der Waals surface area contributed by atoms with Crippen LogP contribution in [-0.4, -0.2) is 43.9 Å². The van der Waals surface area contributed by atoms with Crippen molar-refractivity contribution in [1.29, 1.82) is 0 Å². The third-order valence-electron chi connectivity index (χ3n) is 4.32. The van der Waals surface area contributed by atoms with Gasteiger partial charge >= 0.3 is 0 Å². The van der Waals surface area contributed by atoms with Crippen LogP contribution in [0.4, 0.5) is 0 Å². The number of H-pyrrole nitrogens is 1. The van der Waals surface area contributed by atoms with Crippen LogP contribution in [-0.2, 0) is 0 Å². The number of piperidine rings is 1. The number of rotatable bonds is 2. The van der Waals surface area contributed by atoms with Crippen LogP contribution < -0.4 is 0 Å². The summed E-state index contributed by atoms with van der Waals surface area (Å²) in [5, 5.41) is 9.46. The molecule has 0 atom stereocenters. The van der Waals surface area contributed by atoms with E-state index in [-0.39, 0.29) is 5.91 Å². The quantitative estimate of drug-likeness (QED) is 0.788.